The highest BCUT2D eigenvalue weighted by atomic mass is 16.2. The van der Waals surface area contributed by atoms with Gasteiger partial charge in [0.25, 0.3) is 0 Å². The van der Waals surface area contributed by atoms with E-state index in [0.717, 1.165) is 19.5 Å². The molecule has 16 heavy (non-hydrogen) atoms. The van der Waals surface area contributed by atoms with E-state index in [0.29, 0.717) is 12.5 Å². The summed E-state index contributed by atoms with van der Waals surface area (Å²) in [6.45, 7) is 10.5. The Morgan fingerprint density at radius 1 is 1.44 bits per heavy atom. The van der Waals surface area contributed by atoms with Gasteiger partial charge in [-0.2, -0.15) is 0 Å². The van der Waals surface area contributed by atoms with Crippen LogP contribution in [0.2, 0.25) is 0 Å². The van der Waals surface area contributed by atoms with Crippen molar-refractivity contribution < 1.29 is 4.79 Å². The van der Waals surface area contributed by atoms with Crippen LogP contribution in [-0.2, 0) is 4.79 Å². The maximum Gasteiger partial charge on any atom is 0.234 e. The van der Waals surface area contributed by atoms with Gasteiger partial charge in [-0.25, -0.2) is 0 Å². The lowest BCUT2D eigenvalue weighted by molar-refractivity contribution is -0.125. The van der Waals surface area contributed by atoms with Crippen molar-refractivity contribution in [1.82, 2.24) is 10.2 Å². The third-order valence-electron chi connectivity index (χ3n) is 3.54. The zero-order chi connectivity index (χ0) is 12.3. The number of likely N-dealkylation sites (tertiary alicyclic amines) is 1. The molecule has 0 aliphatic carbocycles. The van der Waals surface area contributed by atoms with Crippen molar-refractivity contribution in [3.05, 3.63) is 0 Å². The van der Waals surface area contributed by atoms with Crippen LogP contribution in [-0.4, -0.2) is 42.0 Å². The topological polar surface area (TPSA) is 58.4 Å². The van der Waals surface area contributed by atoms with E-state index in [4.69, 9.17) is 5.73 Å². The number of amides is 1. The lowest BCUT2D eigenvalue weighted by atomic mass is 9.88. The van der Waals surface area contributed by atoms with E-state index in [1.807, 2.05) is 6.92 Å². The molecule has 1 amide bonds. The number of carbonyl (C=O) groups is 1. The van der Waals surface area contributed by atoms with E-state index < -0.39 is 0 Å². The van der Waals surface area contributed by atoms with Crippen LogP contribution in [0.1, 0.15) is 34.1 Å². The molecule has 1 unspecified atom stereocenters. The third kappa shape index (κ3) is 3.46. The van der Waals surface area contributed by atoms with Crippen molar-refractivity contribution in [1.29, 1.82) is 0 Å². The molecule has 0 saturated carbocycles. The van der Waals surface area contributed by atoms with Crippen LogP contribution < -0.4 is 11.1 Å². The summed E-state index contributed by atoms with van der Waals surface area (Å²) in [7, 11) is 0. The van der Waals surface area contributed by atoms with Gasteiger partial charge in [0.15, 0.2) is 0 Å². The smallest absolute Gasteiger partial charge is 0.234 e. The van der Waals surface area contributed by atoms with E-state index in [9.17, 15) is 4.79 Å². The van der Waals surface area contributed by atoms with Gasteiger partial charge >= 0.3 is 0 Å². The standard InChI is InChI=1S/C12H25N3O/c1-5-12(13)7-15(8-12)6-11(16)14-10(4)9(2)3/h9-10H,5-8,13H2,1-4H3,(H,14,16). The molecule has 1 heterocycles. The highest BCUT2D eigenvalue weighted by Gasteiger charge is 2.38. The van der Waals surface area contributed by atoms with Gasteiger partial charge in [0, 0.05) is 24.7 Å². The molecule has 1 atom stereocenters. The molecule has 1 aliphatic heterocycles. The monoisotopic (exact) mass is 227 g/mol. The number of nitrogens with one attached hydrogen (secondary N) is 1. The van der Waals surface area contributed by atoms with E-state index in [2.05, 4.69) is 31.0 Å². The van der Waals surface area contributed by atoms with Crippen molar-refractivity contribution in [3.8, 4) is 0 Å². The summed E-state index contributed by atoms with van der Waals surface area (Å²) in [4.78, 5) is 13.8. The average molecular weight is 227 g/mol. The Hall–Kier alpha value is -0.610. The molecule has 0 radical (unpaired) electrons. The maximum atomic E-state index is 11.7. The SMILES string of the molecule is CCC1(N)CN(CC(=O)NC(C)C(C)C)C1. The fraction of sp³-hybridized carbons (Fsp3) is 0.917. The van der Waals surface area contributed by atoms with Gasteiger partial charge in [-0.1, -0.05) is 20.8 Å². The van der Waals surface area contributed by atoms with Gasteiger partial charge in [-0.3, -0.25) is 9.69 Å². The number of nitrogens with two attached hydrogens (primary N) is 1. The minimum absolute atomic E-state index is 0.0516. The summed E-state index contributed by atoms with van der Waals surface area (Å²) in [5, 5.41) is 3.00. The average Bonchev–Trinajstić information content (AvgIpc) is 2.14. The van der Waals surface area contributed by atoms with Crippen molar-refractivity contribution in [2.75, 3.05) is 19.6 Å². The molecule has 4 nitrogen and oxygen atoms in total. The van der Waals surface area contributed by atoms with Gasteiger partial charge < -0.3 is 11.1 Å². The second-order valence-corrected chi connectivity index (χ2v) is 5.46. The van der Waals surface area contributed by atoms with Gasteiger partial charge in [0.2, 0.25) is 5.91 Å². The summed E-state index contributed by atoms with van der Waals surface area (Å²) in [5.74, 6) is 0.587. The van der Waals surface area contributed by atoms with Gasteiger partial charge in [-0.15, -0.1) is 0 Å². The minimum atomic E-state index is -0.0516. The molecule has 0 spiro atoms. The number of nitrogens with zero attached hydrogens (tertiary/aromatic N) is 1. The summed E-state index contributed by atoms with van der Waals surface area (Å²) < 4.78 is 0. The summed E-state index contributed by atoms with van der Waals surface area (Å²) in [6.07, 6.45) is 0.980. The van der Waals surface area contributed by atoms with Crippen LogP contribution in [0.3, 0.4) is 0 Å². The van der Waals surface area contributed by atoms with Crippen LogP contribution in [0.25, 0.3) is 0 Å². The molecule has 1 aliphatic rings. The molecular formula is C12H25N3O. The Morgan fingerprint density at radius 3 is 2.44 bits per heavy atom. The van der Waals surface area contributed by atoms with Crippen LogP contribution in [0.15, 0.2) is 0 Å². The first kappa shape index (κ1) is 13.5. The Labute approximate surface area is 98.6 Å². The molecule has 3 N–H and O–H groups in total. The molecular weight excluding hydrogens is 202 g/mol. The van der Waals surface area contributed by atoms with Crippen LogP contribution in [0, 0.1) is 5.92 Å². The second kappa shape index (κ2) is 5.15. The Morgan fingerprint density at radius 2 is 2.00 bits per heavy atom. The first-order chi connectivity index (χ1) is 7.36. The van der Waals surface area contributed by atoms with Crippen molar-refractivity contribution >= 4 is 5.91 Å². The zero-order valence-corrected chi connectivity index (χ0v) is 10.9. The summed E-state index contributed by atoms with van der Waals surface area (Å²) in [5.41, 5.74) is 5.99. The predicted molar refractivity (Wildman–Crippen MR) is 66.1 cm³/mol. The molecule has 4 heteroatoms. The fourth-order valence-electron chi connectivity index (χ4n) is 1.85. The zero-order valence-electron chi connectivity index (χ0n) is 10.9. The van der Waals surface area contributed by atoms with Crippen molar-refractivity contribution in [2.24, 2.45) is 11.7 Å². The third-order valence-corrected chi connectivity index (χ3v) is 3.54. The number of carbonyl (C=O) groups excluding carboxylic acids is 1. The molecule has 1 fully saturated rings. The highest BCUT2D eigenvalue weighted by Crippen LogP contribution is 2.20. The van der Waals surface area contributed by atoms with E-state index >= 15 is 0 Å². The van der Waals surface area contributed by atoms with Gasteiger partial charge in [-0.05, 0) is 19.3 Å². The largest absolute Gasteiger partial charge is 0.352 e. The summed E-state index contributed by atoms with van der Waals surface area (Å²) >= 11 is 0. The molecule has 1 saturated heterocycles. The lowest BCUT2D eigenvalue weighted by Gasteiger charge is -2.47. The summed E-state index contributed by atoms with van der Waals surface area (Å²) in [6, 6.07) is 0.239. The number of rotatable bonds is 5. The van der Waals surface area contributed by atoms with Crippen molar-refractivity contribution in [3.63, 3.8) is 0 Å². The Kier molecular flexibility index (Phi) is 4.33. The molecule has 0 aromatic carbocycles. The normalized spacial score (nSPS) is 21.6. The first-order valence-corrected chi connectivity index (χ1v) is 6.17. The van der Waals surface area contributed by atoms with E-state index in [1.165, 1.54) is 0 Å². The highest BCUT2D eigenvalue weighted by molar-refractivity contribution is 5.78. The molecule has 0 bridgehead atoms. The Bertz CT molecular complexity index is 247. The number of hydrogen-bond acceptors (Lipinski definition) is 3. The maximum absolute atomic E-state index is 11.7. The van der Waals surface area contributed by atoms with Crippen LogP contribution in [0.5, 0.6) is 0 Å². The van der Waals surface area contributed by atoms with Gasteiger partial charge in [0.05, 0.1) is 6.54 Å². The second-order valence-electron chi connectivity index (χ2n) is 5.46. The van der Waals surface area contributed by atoms with Gasteiger partial charge in [0.1, 0.15) is 0 Å². The van der Waals surface area contributed by atoms with Crippen LogP contribution >= 0.6 is 0 Å². The predicted octanol–water partition coefficient (Wildman–Crippen LogP) is 0.570. The molecule has 0 aromatic heterocycles. The minimum Gasteiger partial charge on any atom is -0.352 e. The van der Waals surface area contributed by atoms with Crippen LogP contribution in [0.4, 0.5) is 0 Å². The first-order valence-electron chi connectivity index (χ1n) is 6.17. The molecule has 1 rings (SSSR count). The quantitative estimate of drug-likeness (QED) is 0.722. The molecule has 94 valence electrons. The van der Waals surface area contributed by atoms with Crippen molar-refractivity contribution in [2.45, 2.75) is 45.7 Å². The lowest BCUT2D eigenvalue weighted by Crippen LogP contribution is -2.68. The Balaban J connectivity index is 2.22. The molecule has 0 aromatic rings. The number of hydrogen-bond donors (Lipinski definition) is 2. The van der Waals surface area contributed by atoms with E-state index in [1.54, 1.807) is 0 Å². The fourth-order valence-corrected chi connectivity index (χ4v) is 1.85. The van der Waals surface area contributed by atoms with E-state index in [-0.39, 0.29) is 17.5 Å².